The topological polar surface area (TPSA) is 63.4 Å². The zero-order valence-corrected chi connectivity index (χ0v) is 10.8. The van der Waals surface area contributed by atoms with E-state index in [-0.39, 0.29) is 18.9 Å². The van der Waals surface area contributed by atoms with E-state index in [0.717, 1.165) is 0 Å². The van der Waals surface area contributed by atoms with Crippen molar-refractivity contribution >= 4 is 35.0 Å². The van der Waals surface area contributed by atoms with Gasteiger partial charge in [0.25, 0.3) is 0 Å². The van der Waals surface area contributed by atoms with Crippen molar-refractivity contribution in [1.82, 2.24) is 4.90 Å². The molecule has 0 saturated heterocycles. The number of rotatable bonds is 4. The van der Waals surface area contributed by atoms with Crippen LogP contribution in [0.2, 0.25) is 10.0 Å². The Bertz CT molecular complexity index is 429. The molecule has 1 aromatic rings. The minimum atomic E-state index is -0.564. The zero-order valence-electron chi connectivity index (χ0n) is 9.24. The van der Waals surface area contributed by atoms with E-state index < -0.39 is 5.91 Å². The maximum absolute atomic E-state index is 11.8. The number of nitrogens with zero attached hydrogens (tertiary/aromatic N) is 1. The van der Waals surface area contributed by atoms with E-state index in [2.05, 4.69) is 0 Å². The predicted molar refractivity (Wildman–Crippen MR) is 67.0 cm³/mol. The minimum Gasteiger partial charge on any atom is -0.368 e. The molecule has 0 heterocycles. The maximum Gasteiger partial charge on any atom is 0.237 e. The lowest BCUT2D eigenvalue weighted by Crippen LogP contribution is -2.36. The van der Waals surface area contributed by atoms with Gasteiger partial charge in [-0.2, -0.15) is 0 Å². The first-order valence-corrected chi connectivity index (χ1v) is 5.62. The molecule has 0 atom stereocenters. The van der Waals surface area contributed by atoms with Crippen LogP contribution >= 0.6 is 23.2 Å². The fourth-order valence-corrected chi connectivity index (χ4v) is 1.84. The summed E-state index contributed by atoms with van der Waals surface area (Å²) in [5.74, 6) is -0.829. The van der Waals surface area contributed by atoms with Crippen LogP contribution in [0.3, 0.4) is 0 Å². The summed E-state index contributed by atoms with van der Waals surface area (Å²) in [5, 5.41) is 0.858. The van der Waals surface area contributed by atoms with Gasteiger partial charge in [-0.3, -0.25) is 9.59 Å². The molecule has 0 unspecified atom stereocenters. The minimum absolute atomic E-state index is 0.0439. The Labute approximate surface area is 109 Å². The first-order chi connectivity index (χ1) is 7.91. The van der Waals surface area contributed by atoms with Gasteiger partial charge in [0.2, 0.25) is 11.8 Å². The second-order valence-electron chi connectivity index (χ2n) is 3.59. The average molecular weight is 275 g/mol. The molecule has 1 rings (SSSR count). The standard InChI is InChI=1S/C11H12Cl2N2O2/c1-15(6-10(14)16)11(17)5-7-8(12)3-2-4-9(7)13/h2-4H,5-6H2,1H3,(H2,14,16). The van der Waals surface area contributed by atoms with Gasteiger partial charge in [0, 0.05) is 17.1 Å². The summed E-state index contributed by atoms with van der Waals surface area (Å²) in [6.45, 7) is -0.124. The molecular weight excluding hydrogens is 263 g/mol. The Kier molecular flexibility index (Phi) is 4.78. The van der Waals surface area contributed by atoms with Crippen LogP contribution in [0.5, 0.6) is 0 Å². The molecule has 2 amide bonds. The number of carbonyl (C=O) groups excluding carboxylic acids is 2. The van der Waals surface area contributed by atoms with E-state index in [1.165, 1.54) is 11.9 Å². The largest absolute Gasteiger partial charge is 0.368 e. The lowest BCUT2D eigenvalue weighted by atomic mass is 10.1. The predicted octanol–water partition coefficient (Wildman–Crippen LogP) is 1.48. The molecule has 6 heteroatoms. The highest BCUT2D eigenvalue weighted by Crippen LogP contribution is 2.24. The van der Waals surface area contributed by atoms with Gasteiger partial charge in [0.05, 0.1) is 13.0 Å². The number of carbonyl (C=O) groups is 2. The van der Waals surface area contributed by atoms with Crippen LogP contribution in [0.25, 0.3) is 0 Å². The Balaban J connectivity index is 2.78. The van der Waals surface area contributed by atoms with Crippen molar-refractivity contribution in [1.29, 1.82) is 0 Å². The van der Waals surface area contributed by atoms with E-state index in [0.29, 0.717) is 15.6 Å². The number of hydrogen-bond acceptors (Lipinski definition) is 2. The summed E-state index contributed by atoms with van der Waals surface area (Å²) < 4.78 is 0. The molecule has 0 aliphatic carbocycles. The molecule has 0 saturated carbocycles. The quantitative estimate of drug-likeness (QED) is 0.904. The molecule has 0 fully saturated rings. The van der Waals surface area contributed by atoms with Gasteiger partial charge in [-0.15, -0.1) is 0 Å². The SMILES string of the molecule is CN(CC(N)=O)C(=O)Cc1c(Cl)cccc1Cl. The summed E-state index contributed by atoms with van der Waals surface area (Å²) in [6.07, 6.45) is 0.0439. The number of primary amides is 1. The van der Waals surface area contributed by atoms with Crippen LogP contribution in [0.15, 0.2) is 18.2 Å². The van der Waals surface area contributed by atoms with Gasteiger partial charge < -0.3 is 10.6 Å². The van der Waals surface area contributed by atoms with E-state index in [4.69, 9.17) is 28.9 Å². The highest BCUT2D eigenvalue weighted by Gasteiger charge is 2.15. The van der Waals surface area contributed by atoms with E-state index in [1.807, 2.05) is 0 Å². The van der Waals surface area contributed by atoms with Crippen molar-refractivity contribution in [3.63, 3.8) is 0 Å². The van der Waals surface area contributed by atoms with E-state index in [9.17, 15) is 9.59 Å². The number of nitrogens with two attached hydrogens (primary N) is 1. The van der Waals surface area contributed by atoms with Crippen molar-refractivity contribution in [2.75, 3.05) is 13.6 Å². The molecule has 1 aromatic carbocycles. The molecule has 92 valence electrons. The first kappa shape index (κ1) is 13.8. The Morgan fingerprint density at radius 2 is 1.82 bits per heavy atom. The van der Waals surface area contributed by atoms with Gasteiger partial charge in [-0.05, 0) is 17.7 Å². The fourth-order valence-electron chi connectivity index (χ4n) is 1.31. The first-order valence-electron chi connectivity index (χ1n) is 4.87. The van der Waals surface area contributed by atoms with Gasteiger partial charge in [0.15, 0.2) is 0 Å². The highest BCUT2D eigenvalue weighted by atomic mass is 35.5. The molecule has 0 aromatic heterocycles. The van der Waals surface area contributed by atoms with Crippen molar-refractivity contribution in [3.8, 4) is 0 Å². The van der Waals surface area contributed by atoms with Crippen LogP contribution in [0.1, 0.15) is 5.56 Å². The van der Waals surface area contributed by atoms with Gasteiger partial charge in [0.1, 0.15) is 0 Å². The van der Waals surface area contributed by atoms with Crippen molar-refractivity contribution in [3.05, 3.63) is 33.8 Å². The fraction of sp³-hybridized carbons (Fsp3) is 0.273. The molecule has 2 N–H and O–H groups in total. The third-order valence-corrected chi connectivity index (χ3v) is 2.92. The monoisotopic (exact) mass is 274 g/mol. The molecule has 0 aliphatic rings. The normalized spacial score (nSPS) is 10.1. The lowest BCUT2D eigenvalue weighted by Gasteiger charge is -2.16. The molecule has 0 bridgehead atoms. The van der Waals surface area contributed by atoms with Crippen LogP contribution in [-0.4, -0.2) is 30.3 Å². The van der Waals surface area contributed by atoms with Crippen molar-refractivity contribution < 1.29 is 9.59 Å². The second-order valence-corrected chi connectivity index (χ2v) is 4.41. The summed E-state index contributed by atoms with van der Waals surface area (Å²) in [5.41, 5.74) is 5.55. The highest BCUT2D eigenvalue weighted by molar-refractivity contribution is 6.36. The smallest absolute Gasteiger partial charge is 0.237 e. The number of halogens is 2. The van der Waals surface area contributed by atoms with Crippen LogP contribution in [-0.2, 0) is 16.0 Å². The zero-order chi connectivity index (χ0) is 13.0. The average Bonchev–Trinajstić information content (AvgIpc) is 2.22. The van der Waals surface area contributed by atoms with Crippen LogP contribution in [0.4, 0.5) is 0 Å². The molecule has 17 heavy (non-hydrogen) atoms. The van der Waals surface area contributed by atoms with Crippen molar-refractivity contribution in [2.45, 2.75) is 6.42 Å². The number of amides is 2. The van der Waals surface area contributed by atoms with E-state index >= 15 is 0 Å². The number of likely N-dealkylation sites (N-methyl/N-ethyl adjacent to an activating group) is 1. The third-order valence-electron chi connectivity index (χ3n) is 2.21. The molecule has 0 aliphatic heterocycles. The Morgan fingerprint density at radius 3 is 2.29 bits per heavy atom. The van der Waals surface area contributed by atoms with Crippen LogP contribution < -0.4 is 5.73 Å². The molecule has 0 radical (unpaired) electrons. The summed E-state index contributed by atoms with van der Waals surface area (Å²) in [7, 11) is 1.50. The second kappa shape index (κ2) is 5.89. The summed E-state index contributed by atoms with van der Waals surface area (Å²) >= 11 is 11.9. The lowest BCUT2D eigenvalue weighted by molar-refractivity contribution is -0.133. The third kappa shape index (κ3) is 3.91. The molecule has 0 spiro atoms. The molecule has 4 nitrogen and oxygen atoms in total. The number of benzene rings is 1. The van der Waals surface area contributed by atoms with Crippen molar-refractivity contribution in [2.24, 2.45) is 5.73 Å². The summed E-state index contributed by atoms with van der Waals surface area (Å²) in [6, 6.07) is 5.01. The maximum atomic E-state index is 11.8. The van der Waals surface area contributed by atoms with Gasteiger partial charge in [-0.25, -0.2) is 0 Å². The Morgan fingerprint density at radius 1 is 1.29 bits per heavy atom. The Hall–Kier alpha value is -1.26. The summed E-state index contributed by atoms with van der Waals surface area (Å²) in [4.78, 5) is 23.7. The van der Waals surface area contributed by atoms with Gasteiger partial charge in [-0.1, -0.05) is 29.3 Å². The van der Waals surface area contributed by atoms with Crippen LogP contribution in [0, 0.1) is 0 Å². The van der Waals surface area contributed by atoms with E-state index in [1.54, 1.807) is 18.2 Å². The number of hydrogen-bond donors (Lipinski definition) is 1. The molecular formula is C11H12Cl2N2O2. The van der Waals surface area contributed by atoms with Gasteiger partial charge >= 0.3 is 0 Å².